The molecule has 0 radical (unpaired) electrons. The lowest BCUT2D eigenvalue weighted by Crippen LogP contribution is -2.26. The van der Waals surface area contributed by atoms with Gasteiger partial charge in [-0.3, -0.25) is 4.79 Å². The van der Waals surface area contributed by atoms with Crippen molar-refractivity contribution in [1.82, 2.24) is 10.3 Å². The SMILES string of the molecule is Cc1nc(C(=O)N[C@H](C)c2cccc(Br)c2)co1. The molecule has 1 amide bonds. The highest BCUT2D eigenvalue weighted by atomic mass is 79.9. The fraction of sp³-hybridized carbons (Fsp3) is 0.231. The van der Waals surface area contributed by atoms with Crippen LogP contribution in [0.4, 0.5) is 0 Å². The molecule has 0 saturated heterocycles. The van der Waals surface area contributed by atoms with Crippen molar-refractivity contribution < 1.29 is 9.21 Å². The predicted octanol–water partition coefficient (Wildman–Crippen LogP) is 3.24. The number of rotatable bonds is 3. The van der Waals surface area contributed by atoms with E-state index >= 15 is 0 Å². The van der Waals surface area contributed by atoms with Gasteiger partial charge in [-0.1, -0.05) is 28.1 Å². The van der Waals surface area contributed by atoms with Gasteiger partial charge in [-0.25, -0.2) is 4.98 Å². The molecule has 0 aliphatic rings. The van der Waals surface area contributed by atoms with Crippen molar-refractivity contribution in [3.63, 3.8) is 0 Å². The number of oxazole rings is 1. The molecule has 0 unspecified atom stereocenters. The van der Waals surface area contributed by atoms with E-state index in [1.54, 1.807) is 6.92 Å². The number of benzene rings is 1. The molecule has 2 aromatic rings. The molecule has 5 heteroatoms. The van der Waals surface area contributed by atoms with Gasteiger partial charge in [0.05, 0.1) is 6.04 Å². The smallest absolute Gasteiger partial charge is 0.273 e. The van der Waals surface area contributed by atoms with Crippen LogP contribution in [0.2, 0.25) is 0 Å². The van der Waals surface area contributed by atoms with Crippen LogP contribution in [-0.2, 0) is 0 Å². The predicted molar refractivity (Wildman–Crippen MR) is 71.3 cm³/mol. The van der Waals surface area contributed by atoms with Crippen LogP contribution < -0.4 is 5.32 Å². The molecule has 1 aromatic heterocycles. The number of carbonyl (C=O) groups is 1. The third-order valence-electron chi connectivity index (χ3n) is 2.55. The maximum atomic E-state index is 11.9. The molecular weight excluding hydrogens is 296 g/mol. The van der Waals surface area contributed by atoms with Crippen LogP contribution in [0.25, 0.3) is 0 Å². The first-order valence-corrected chi connectivity index (χ1v) is 6.34. The van der Waals surface area contributed by atoms with Crippen LogP contribution >= 0.6 is 15.9 Å². The molecule has 1 aromatic carbocycles. The number of carbonyl (C=O) groups excluding carboxylic acids is 1. The number of hydrogen-bond acceptors (Lipinski definition) is 3. The third kappa shape index (κ3) is 2.98. The number of amides is 1. The Kier molecular flexibility index (Phi) is 3.81. The van der Waals surface area contributed by atoms with Gasteiger partial charge in [0, 0.05) is 11.4 Å². The Morgan fingerprint density at radius 3 is 2.89 bits per heavy atom. The normalized spacial score (nSPS) is 12.2. The molecule has 0 aliphatic carbocycles. The molecule has 0 bridgehead atoms. The van der Waals surface area contributed by atoms with Gasteiger partial charge in [0.25, 0.3) is 5.91 Å². The number of aryl methyl sites for hydroxylation is 1. The minimum Gasteiger partial charge on any atom is -0.448 e. The average molecular weight is 309 g/mol. The van der Waals surface area contributed by atoms with Crippen molar-refractivity contribution in [3.8, 4) is 0 Å². The Morgan fingerprint density at radius 2 is 2.28 bits per heavy atom. The van der Waals surface area contributed by atoms with E-state index in [4.69, 9.17) is 4.42 Å². The average Bonchev–Trinajstić information content (AvgIpc) is 2.76. The Bertz CT molecular complexity index is 566. The quantitative estimate of drug-likeness (QED) is 0.947. The van der Waals surface area contributed by atoms with Gasteiger partial charge in [-0.2, -0.15) is 0 Å². The van der Waals surface area contributed by atoms with E-state index in [0.29, 0.717) is 11.6 Å². The van der Waals surface area contributed by atoms with E-state index in [-0.39, 0.29) is 11.9 Å². The summed E-state index contributed by atoms with van der Waals surface area (Å²) in [5.41, 5.74) is 1.33. The summed E-state index contributed by atoms with van der Waals surface area (Å²) >= 11 is 3.40. The molecule has 18 heavy (non-hydrogen) atoms. The summed E-state index contributed by atoms with van der Waals surface area (Å²) in [6.07, 6.45) is 1.36. The number of nitrogens with zero attached hydrogens (tertiary/aromatic N) is 1. The van der Waals surface area contributed by atoms with Gasteiger partial charge >= 0.3 is 0 Å². The Labute approximate surface area is 114 Å². The summed E-state index contributed by atoms with van der Waals surface area (Å²) in [6.45, 7) is 3.63. The van der Waals surface area contributed by atoms with Crippen molar-refractivity contribution >= 4 is 21.8 Å². The minimum atomic E-state index is -0.237. The molecule has 0 saturated carbocycles. The maximum absolute atomic E-state index is 11.9. The minimum absolute atomic E-state index is 0.0907. The fourth-order valence-corrected chi connectivity index (χ4v) is 2.01. The second-order valence-electron chi connectivity index (χ2n) is 4.00. The van der Waals surface area contributed by atoms with Crippen molar-refractivity contribution in [3.05, 3.63) is 52.1 Å². The summed E-state index contributed by atoms with van der Waals surface area (Å²) in [7, 11) is 0. The zero-order chi connectivity index (χ0) is 13.1. The summed E-state index contributed by atoms with van der Waals surface area (Å²) in [4.78, 5) is 15.9. The van der Waals surface area contributed by atoms with Gasteiger partial charge in [-0.05, 0) is 24.6 Å². The number of hydrogen-bond donors (Lipinski definition) is 1. The summed E-state index contributed by atoms with van der Waals surface area (Å²) in [6, 6.07) is 7.72. The molecule has 0 aliphatic heterocycles. The first kappa shape index (κ1) is 12.8. The highest BCUT2D eigenvalue weighted by Crippen LogP contribution is 2.18. The van der Waals surface area contributed by atoms with Crippen LogP contribution in [0, 0.1) is 6.92 Å². The Balaban J connectivity index is 2.07. The van der Waals surface area contributed by atoms with Gasteiger partial charge in [0.2, 0.25) is 0 Å². The number of aromatic nitrogens is 1. The van der Waals surface area contributed by atoms with Crippen LogP contribution in [0.15, 0.2) is 39.4 Å². The van der Waals surface area contributed by atoms with E-state index < -0.39 is 0 Å². The second-order valence-corrected chi connectivity index (χ2v) is 4.92. The molecule has 4 nitrogen and oxygen atoms in total. The molecule has 1 heterocycles. The molecular formula is C13H13BrN2O2. The van der Waals surface area contributed by atoms with E-state index in [2.05, 4.69) is 26.2 Å². The summed E-state index contributed by atoms with van der Waals surface area (Å²) < 4.78 is 6.00. The lowest BCUT2D eigenvalue weighted by molar-refractivity contribution is 0.0935. The summed E-state index contributed by atoms with van der Waals surface area (Å²) in [5.74, 6) is 0.245. The highest BCUT2D eigenvalue weighted by Gasteiger charge is 2.14. The van der Waals surface area contributed by atoms with E-state index in [0.717, 1.165) is 10.0 Å². The van der Waals surface area contributed by atoms with Crippen molar-refractivity contribution in [2.24, 2.45) is 0 Å². The molecule has 94 valence electrons. The van der Waals surface area contributed by atoms with Gasteiger partial charge in [0.1, 0.15) is 6.26 Å². The lowest BCUT2D eigenvalue weighted by Gasteiger charge is -2.13. The van der Waals surface area contributed by atoms with Crippen molar-refractivity contribution in [1.29, 1.82) is 0 Å². The zero-order valence-corrected chi connectivity index (χ0v) is 11.7. The third-order valence-corrected chi connectivity index (χ3v) is 3.04. The molecule has 0 fully saturated rings. The standard InChI is InChI=1S/C13H13BrN2O2/c1-8(10-4-3-5-11(14)6-10)15-13(17)12-7-18-9(2)16-12/h3-8H,1-2H3,(H,15,17)/t8-/m1/s1. The van der Waals surface area contributed by atoms with Crippen LogP contribution in [-0.4, -0.2) is 10.9 Å². The Hall–Kier alpha value is -1.62. The van der Waals surface area contributed by atoms with Crippen molar-refractivity contribution in [2.75, 3.05) is 0 Å². The zero-order valence-electron chi connectivity index (χ0n) is 10.1. The first-order valence-electron chi connectivity index (χ1n) is 5.54. The van der Waals surface area contributed by atoms with E-state index in [1.807, 2.05) is 31.2 Å². The molecule has 1 atom stereocenters. The van der Waals surface area contributed by atoms with Crippen LogP contribution in [0.3, 0.4) is 0 Å². The Morgan fingerprint density at radius 1 is 1.50 bits per heavy atom. The number of halogens is 1. The highest BCUT2D eigenvalue weighted by molar-refractivity contribution is 9.10. The maximum Gasteiger partial charge on any atom is 0.273 e. The molecule has 2 rings (SSSR count). The second kappa shape index (κ2) is 5.35. The largest absolute Gasteiger partial charge is 0.448 e. The lowest BCUT2D eigenvalue weighted by atomic mass is 10.1. The van der Waals surface area contributed by atoms with Gasteiger partial charge < -0.3 is 9.73 Å². The molecule has 0 spiro atoms. The fourth-order valence-electron chi connectivity index (χ4n) is 1.60. The molecule has 1 N–H and O–H groups in total. The monoisotopic (exact) mass is 308 g/mol. The summed E-state index contributed by atoms with van der Waals surface area (Å²) in [5, 5.41) is 2.87. The van der Waals surface area contributed by atoms with Gasteiger partial charge in [-0.15, -0.1) is 0 Å². The van der Waals surface area contributed by atoms with E-state index in [1.165, 1.54) is 6.26 Å². The van der Waals surface area contributed by atoms with Gasteiger partial charge in [0.15, 0.2) is 11.6 Å². The van der Waals surface area contributed by atoms with Crippen LogP contribution in [0.1, 0.15) is 34.9 Å². The topological polar surface area (TPSA) is 55.1 Å². The number of nitrogens with one attached hydrogen (secondary N) is 1. The van der Waals surface area contributed by atoms with Crippen molar-refractivity contribution in [2.45, 2.75) is 19.9 Å². The van der Waals surface area contributed by atoms with Crippen LogP contribution in [0.5, 0.6) is 0 Å². The first-order chi connectivity index (χ1) is 8.56. The van der Waals surface area contributed by atoms with E-state index in [9.17, 15) is 4.79 Å².